The zero-order valence-electron chi connectivity index (χ0n) is 8.60. The number of rotatable bonds is 0. The van der Waals surface area contributed by atoms with E-state index in [1.54, 1.807) is 6.07 Å². The van der Waals surface area contributed by atoms with Crippen LogP contribution in [0.4, 0.5) is 4.39 Å². The number of hydrogen-bond acceptors (Lipinski definition) is 1. The van der Waals surface area contributed by atoms with E-state index < -0.39 is 0 Å². The molecule has 0 saturated carbocycles. The van der Waals surface area contributed by atoms with Crippen LogP contribution in [0.5, 0.6) is 0 Å². The number of benzene rings is 1. The lowest BCUT2D eigenvalue weighted by molar-refractivity contribution is 0.511. The number of nitrogens with one attached hydrogen (secondary N) is 2. The molecule has 0 spiro atoms. The van der Waals surface area contributed by atoms with Crippen LogP contribution in [0, 0.1) is 5.82 Å². The van der Waals surface area contributed by atoms with Crippen LogP contribution >= 0.6 is 0 Å². The molecule has 0 amide bonds. The average Bonchev–Trinajstić information content (AvgIpc) is 2.54. The minimum Gasteiger partial charge on any atom is -0.358 e. The van der Waals surface area contributed by atoms with E-state index in [-0.39, 0.29) is 5.82 Å². The molecule has 1 atom stereocenters. The third-order valence-electron chi connectivity index (χ3n) is 3.09. The van der Waals surface area contributed by atoms with E-state index in [9.17, 15) is 4.39 Å². The number of aromatic nitrogens is 1. The summed E-state index contributed by atoms with van der Waals surface area (Å²) in [4.78, 5) is 3.37. The summed E-state index contributed by atoms with van der Waals surface area (Å²) in [6.07, 6.45) is 0.992. The van der Waals surface area contributed by atoms with Gasteiger partial charge in [-0.15, -0.1) is 0 Å². The van der Waals surface area contributed by atoms with Crippen LogP contribution in [0.25, 0.3) is 10.9 Å². The van der Waals surface area contributed by atoms with Crippen LogP contribution in [0.3, 0.4) is 0 Å². The van der Waals surface area contributed by atoms with Crippen LogP contribution in [0.15, 0.2) is 18.2 Å². The van der Waals surface area contributed by atoms with E-state index in [1.165, 1.54) is 17.3 Å². The molecule has 0 aliphatic carbocycles. The van der Waals surface area contributed by atoms with Crippen molar-refractivity contribution in [1.82, 2.24) is 10.3 Å². The van der Waals surface area contributed by atoms with Crippen LogP contribution < -0.4 is 5.32 Å². The fourth-order valence-corrected chi connectivity index (χ4v) is 2.31. The van der Waals surface area contributed by atoms with Crippen LogP contribution in [-0.2, 0) is 13.0 Å². The third kappa shape index (κ3) is 1.35. The fraction of sp³-hybridized carbons (Fsp3) is 0.333. The van der Waals surface area contributed by atoms with Gasteiger partial charge in [0.2, 0.25) is 0 Å². The summed E-state index contributed by atoms with van der Waals surface area (Å²) in [5.41, 5.74) is 3.52. The predicted octanol–water partition coefficient (Wildman–Crippen LogP) is 2.34. The van der Waals surface area contributed by atoms with Gasteiger partial charge in [-0.2, -0.15) is 0 Å². The highest BCUT2D eigenvalue weighted by Crippen LogP contribution is 2.26. The maximum absolute atomic E-state index is 13.1. The number of fused-ring (bicyclic) bond motifs is 3. The maximum atomic E-state index is 13.1. The molecule has 1 aliphatic heterocycles. The standard InChI is InChI=1S/C12H13FN2/c1-7-4-12-10(6-14-7)9-5-8(13)2-3-11(9)15-12/h2-3,5,7,14-15H,4,6H2,1H3. The highest BCUT2D eigenvalue weighted by atomic mass is 19.1. The zero-order valence-corrected chi connectivity index (χ0v) is 8.60. The lowest BCUT2D eigenvalue weighted by Gasteiger charge is -2.20. The Kier molecular flexibility index (Phi) is 1.83. The Bertz CT molecular complexity index is 516. The lowest BCUT2D eigenvalue weighted by Crippen LogP contribution is -2.32. The SMILES string of the molecule is CC1Cc2[nH]c3ccc(F)cc3c2CN1. The molecule has 0 fully saturated rings. The third-order valence-corrected chi connectivity index (χ3v) is 3.09. The molecule has 3 rings (SSSR count). The maximum Gasteiger partial charge on any atom is 0.123 e. The van der Waals surface area contributed by atoms with Crippen LogP contribution in [0.2, 0.25) is 0 Å². The van der Waals surface area contributed by atoms with Crippen molar-refractivity contribution in [2.24, 2.45) is 0 Å². The summed E-state index contributed by atoms with van der Waals surface area (Å²) in [5.74, 6) is -0.164. The normalized spacial score (nSPS) is 20.5. The van der Waals surface area contributed by atoms with Crippen molar-refractivity contribution >= 4 is 10.9 Å². The topological polar surface area (TPSA) is 27.8 Å². The molecular formula is C12H13FN2. The van der Waals surface area contributed by atoms with Gasteiger partial charge in [0.1, 0.15) is 5.82 Å². The Balaban J connectivity index is 2.24. The van der Waals surface area contributed by atoms with Gasteiger partial charge < -0.3 is 10.3 Å². The Morgan fingerprint density at radius 2 is 2.27 bits per heavy atom. The van der Waals surface area contributed by atoms with Crippen molar-refractivity contribution in [1.29, 1.82) is 0 Å². The molecule has 2 aromatic rings. The zero-order chi connectivity index (χ0) is 10.4. The molecule has 1 unspecified atom stereocenters. The van der Waals surface area contributed by atoms with Gasteiger partial charge in [-0.1, -0.05) is 0 Å². The molecule has 78 valence electrons. The summed E-state index contributed by atoms with van der Waals surface area (Å²) in [5, 5.41) is 4.41. The second-order valence-corrected chi connectivity index (χ2v) is 4.26. The highest BCUT2D eigenvalue weighted by Gasteiger charge is 2.18. The molecule has 2 heterocycles. The summed E-state index contributed by atoms with van der Waals surface area (Å²) in [7, 11) is 0. The van der Waals surface area contributed by atoms with Crippen molar-refractivity contribution in [3.05, 3.63) is 35.3 Å². The predicted molar refractivity (Wildman–Crippen MR) is 58.3 cm³/mol. The summed E-state index contributed by atoms with van der Waals surface area (Å²) in [6, 6.07) is 5.42. The van der Waals surface area contributed by atoms with Gasteiger partial charge >= 0.3 is 0 Å². The van der Waals surface area contributed by atoms with Crippen molar-refractivity contribution < 1.29 is 4.39 Å². The van der Waals surface area contributed by atoms with Gasteiger partial charge in [-0.05, 0) is 30.7 Å². The first kappa shape index (κ1) is 8.92. The fourth-order valence-electron chi connectivity index (χ4n) is 2.31. The number of halogens is 1. The Labute approximate surface area is 87.5 Å². The van der Waals surface area contributed by atoms with Gasteiger partial charge in [-0.3, -0.25) is 0 Å². The van der Waals surface area contributed by atoms with E-state index in [1.807, 2.05) is 6.07 Å². The monoisotopic (exact) mass is 204 g/mol. The second-order valence-electron chi connectivity index (χ2n) is 4.26. The largest absolute Gasteiger partial charge is 0.358 e. The molecule has 3 heteroatoms. The first-order chi connectivity index (χ1) is 7.24. The van der Waals surface area contributed by atoms with Crippen molar-refractivity contribution in [2.75, 3.05) is 0 Å². The molecule has 1 aliphatic rings. The Morgan fingerprint density at radius 1 is 1.40 bits per heavy atom. The molecule has 1 aromatic heterocycles. The minimum atomic E-state index is -0.164. The summed E-state index contributed by atoms with van der Waals surface area (Å²) < 4.78 is 13.1. The number of aromatic amines is 1. The smallest absolute Gasteiger partial charge is 0.123 e. The van der Waals surface area contributed by atoms with E-state index in [0.717, 1.165) is 23.9 Å². The van der Waals surface area contributed by atoms with Crippen molar-refractivity contribution in [2.45, 2.75) is 25.9 Å². The molecule has 2 nitrogen and oxygen atoms in total. The molecule has 0 radical (unpaired) electrons. The van der Waals surface area contributed by atoms with Crippen molar-refractivity contribution in [3.63, 3.8) is 0 Å². The average molecular weight is 204 g/mol. The number of H-pyrrole nitrogens is 1. The molecule has 1 aromatic carbocycles. The quantitative estimate of drug-likeness (QED) is 0.677. The van der Waals surface area contributed by atoms with Gasteiger partial charge in [0, 0.05) is 35.6 Å². The molecular weight excluding hydrogens is 191 g/mol. The molecule has 15 heavy (non-hydrogen) atoms. The minimum absolute atomic E-state index is 0.164. The van der Waals surface area contributed by atoms with E-state index in [4.69, 9.17) is 0 Å². The summed E-state index contributed by atoms with van der Waals surface area (Å²) in [6.45, 7) is 3.00. The van der Waals surface area contributed by atoms with E-state index in [0.29, 0.717) is 6.04 Å². The van der Waals surface area contributed by atoms with Crippen molar-refractivity contribution in [3.8, 4) is 0 Å². The van der Waals surface area contributed by atoms with Gasteiger partial charge in [0.25, 0.3) is 0 Å². The van der Waals surface area contributed by atoms with E-state index >= 15 is 0 Å². The number of hydrogen-bond donors (Lipinski definition) is 2. The van der Waals surface area contributed by atoms with Gasteiger partial charge in [0.15, 0.2) is 0 Å². The Hall–Kier alpha value is -1.35. The first-order valence-corrected chi connectivity index (χ1v) is 5.26. The highest BCUT2D eigenvalue weighted by molar-refractivity contribution is 5.85. The summed E-state index contributed by atoms with van der Waals surface area (Å²) >= 11 is 0. The van der Waals surface area contributed by atoms with Crippen LogP contribution in [0.1, 0.15) is 18.2 Å². The molecule has 0 saturated heterocycles. The lowest BCUT2D eigenvalue weighted by atomic mass is 10.0. The van der Waals surface area contributed by atoms with Crippen LogP contribution in [-0.4, -0.2) is 11.0 Å². The Morgan fingerprint density at radius 3 is 3.13 bits per heavy atom. The first-order valence-electron chi connectivity index (χ1n) is 5.26. The van der Waals surface area contributed by atoms with Gasteiger partial charge in [0.05, 0.1) is 0 Å². The molecule has 0 bridgehead atoms. The van der Waals surface area contributed by atoms with E-state index in [2.05, 4.69) is 17.2 Å². The van der Waals surface area contributed by atoms with Gasteiger partial charge in [-0.25, -0.2) is 4.39 Å². The molecule has 2 N–H and O–H groups in total. The second kappa shape index (κ2) is 3.07.